The number of nitrogens with one attached hydrogen (secondary N) is 1. The van der Waals surface area contributed by atoms with Crippen molar-refractivity contribution in [2.45, 2.75) is 75.9 Å². The third kappa shape index (κ3) is 4.77. The number of nitrogens with zero attached hydrogens (tertiary/aromatic N) is 1. The predicted molar refractivity (Wildman–Crippen MR) is 77.9 cm³/mol. The Morgan fingerprint density at radius 2 is 1.84 bits per heavy atom. The zero-order valence-corrected chi connectivity index (χ0v) is 12.2. The lowest BCUT2D eigenvalue weighted by Crippen LogP contribution is -2.46. The van der Waals surface area contributed by atoms with Crippen LogP contribution in [0.1, 0.15) is 57.8 Å². The van der Waals surface area contributed by atoms with Gasteiger partial charge in [0.05, 0.1) is 0 Å². The molecule has 2 aliphatic rings. The first kappa shape index (κ1) is 14.8. The molecule has 110 valence electrons. The molecule has 0 aliphatic heterocycles. The Morgan fingerprint density at radius 1 is 1.21 bits per heavy atom. The Hall–Kier alpha value is -0.610. The number of nitrogens with two attached hydrogens (primary N) is 1. The van der Waals surface area contributed by atoms with Crippen LogP contribution >= 0.6 is 0 Å². The van der Waals surface area contributed by atoms with Gasteiger partial charge in [0.2, 0.25) is 5.91 Å². The normalized spacial score (nSPS) is 23.1. The maximum atomic E-state index is 11.9. The highest BCUT2D eigenvalue weighted by molar-refractivity contribution is 5.77. The van der Waals surface area contributed by atoms with Gasteiger partial charge in [0.25, 0.3) is 0 Å². The molecule has 0 heterocycles. The van der Waals surface area contributed by atoms with E-state index in [2.05, 4.69) is 17.3 Å². The fraction of sp³-hybridized carbons (Fsp3) is 0.933. The summed E-state index contributed by atoms with van der Waals surface area (Å²) in [4.78, 5) is 14.3. The van der Waals surface area contributed by atoms with E-state index in [4.69, 9.17) is 5.73 Å². The van der Waals surface area contributed by atoms with Crippen molar-refractivity contribution in [1.82, 2.24) is 10.2 Å². The summed E-state index contributed by atoms with van der Waals surface area (Å²) < 4.78 is 0. The maximum absolute atomic E-state index is 11.9. The van der Waals surface area contributed by atoms with Crippen LogP contribution in [0.15, 0.2) is 0 Å². The molecule has 2 aliphatic carbocycles. The van der Waals surface area contributed by atoms with Crippen LogP contribution in [-0.2, 0) is 4.79 Å². The lowest BCUT2D eigenvalue weighted by Gasteiger charge is -2.34. The van der Waals surface area contributed by atoms with Crippen LogP contribution in [-0.4, -0.2) is 42.5 Å². The van der Waals surface area contributed by atoms with E-state index in [0.29, 0.717) is 25.0 Å². The Bertz CT molecular complexity index is 283. The Kier molecular flexibility index (Phi) is 5.64. The standard InChI is InChI=1S/C15H29N3O/c1-18(13-6-4-2-3-5-7-13)14(11-16)10-15(19)17-12-8-9-12/h12-14H,2-11,16H2,1H3,(H,17,19). The first-order valence-corrected chi connectivity index (χ1v) is 7.92. The molecule has 0 aromatic carbocycles. The number of hydrogen-bond acceptors (Lipinski definition) is 3. The second-order valence-electron chi connectivity index (χ2n) is 6.25. The van der Waals surface area contributed by atoms with E-state index in [-0.39, 0.29) is 11.9 Å². The Balaban J connectivity index is 1.81. The van der Waals surface area contributed by atoms with E-state index in [9.17, 15) is 4.79 Å². The van der Waals surface area contributed by atoms with E-state index in [1.165, 1.54) is 38.5 Å². The number of carbonyl (C=O) groups is 1. The number of likely N-dealkylation sites (N-methyl/N-ethyl adjacent to an activating group) is 1. The topological polar surface area (TPSA) is 58.4 Å². The van der Waals surface area contributed by atoms with Crippen molar-refractivity contribution in [3.8, 4) is 0 Å². The zero-order valence-electron chi connectivity index (χ0n) is 12.2. The van der Waals surface area contributed by atoms with Crippen molar-refractivity contribution < 1.29 is 4.79 Å². The average molecular weight is 267 g/mol. The SMILES string of the molecule is CN(C1CCCCCC1)C(CN)CC(=O)NC1CC1. The molecular weight excluding hydrogens is 238 g/mol. The summed E-state index contributed by atoms with van der Waals surface area (Å²) >= 11 is 0. The van der Waals surface area contributed by atoms with Crippen molar-refractivity contribution in [2.24, 2.45) is 5.73 Å². The number of hydrogen-bond donors (Lipinski definition) is 2. The number of rotatable bonds is 6. The van der Waals surface area contributed by atoms with Crippen LogP contribution in [0.5, 0.6) is 0 Å². The molecule has 0 aromatic rings. The van der Waals surface area contributed by atoms with E-state index in [1.54, 1.807) is 0 Å². The van der Waals surface area contributed by atoms with E-state index in [1.807, 2.05) is 0 Å². The minimum Gasteiger partial charge on any atom is -0.353 e. The fourth-order valence-electron chi connectivity index (χ4n) is 3.09. The molecule has 0 saturated heterocycles. The molecule has 2 rings (SSSR count). The maximum Gasteiger partial charge on any atom is 0.221 e. The summed E-state index contributed by atoms with van der Waals surface area (Å²) in [6.07, 6.45) is 10.7. The second kappa shape index (κ2) is 7.25. The first-order valence-electron chi connectivity index (χ1n) is 7.92. The minimum atomic E-state index is 0.179. The van der Waals surface area contributed by atoms with Crippen molar-refractivity contribution >= 4 is 5.91 Å². The van der Waals surface area contributed by atoms with Gasteiger partial charge < -0.3 is 11.1 Å². The molecule has 1 amide bonds. The quantitative estimate of drug-likeness (QED) is 0.719. The molecular formula is C15H29N3O. The average Bonchev–Trinajstić information content (AvgIpc) is 3.21. The summed E-state index contributed by atoms with van der Waals surface area (Å²) in [6, 6.07) is 1.26. The highest BCUT2D eigenvalue weighted by Gasteiger charge is 2.27. The molecule has 1 atom stereocenters. The van der Waals surface area contributed by atoms with Crippen LogP contribution in [0.4, 0.5) is 0 Å². The monoisotopic (exact) mass is 267 g/mol. The molecule has 4 heteroatoms. The highest BCUT2D eigenvalue weighted by Crippen LogP contribution is 2.23. The van der Waals surface area contributed by atoms with Gasteiger partial charge in [0.15, 0.2) is 0 Å². The summed E-state index contributed by atoms with van der Waals surface area (Å²) in [6.45, 7) is 0.574. The van der Waals surface area contributed by atoms with Crippen LogP contribution in [0.25, 0.3) is 0 Å². The van der Waals surface area contributed by atoms with Gasteiger partial charge >= 0.3 is 0 Å². The molecule has 2 fully saturated rings. The van der Waals surface area contributed by atoms with Gasteiger partial charge in [-0.1, -0.05) is 25.7 Å². The predicted octanol–water partition coefficient (Wildman–Crippen LogP) is 1.64. The van der Waals surface area contributed by atoms with Gasteiger partial charge in [-0.25, -0.2) is 0 Å². The van der Waals surface area contributed by atoms with Crippen LogP contribution in [0.2, 0.25) is 0 Å². The van der Waals surface area contributed by atoms with Gasteiger partial charge in [-0.3, -0.25) is 9.69 Å². The minimum absolute atomic E-state index is 0.179. The summed E-state index contributed by atoms with van der Waals surface area (Å²) in [7, 11) is 2.15. The van der Waals surface area contributed by atoms with Crippen LogP contribution in [0, 0.1) is 0 Å². The smallest absolute Gasteiger partial charge is 0.221 e. The third-order valence-corrected chi connectivity index (χ3v) is 4.61. The van der Waals surface area contributed by atoms with Gasteiger partial charge in [-0.15, -0.1) is 0 Å². The third-order valence-electron chi connectivity index (χ3n) is 4.61. The van der Waals surface area contributed by atoms with E-state index in [0.717, 1.165) is 12.8 Å². The molecule has 19 heavy (non-hydrogen) atoms. The molecule has 0 bridgehead atoms. The molecule has 1 unspecified atom stereocenters. The molecule has 0 radical (unpaired) electrons. The second-order valence-corrected chi connectivity index (χ2v) is 6.25. The molecule has 2 saturated carbocycles. The van der Waals surface area contributed by atoms with Gasteiger partial charge in [-0.2, -0.15) is 0 Å². The van der Waals surface area contributed by atoms with Crippen LogP contribution in [0.3, 0.4) is 0 Å². The summed E-state index contributed by atoms with van der Waals surface area (Å²) in [5.74, 6) is 0.179. The number of carbonyl (C=O) groups excluding carboxylic acids is 1. The van der Waals surface area contributed by atoms with Gasteiger partial charge in [0, 0.05) is 31.1 Å². The van der Waals surface area contributed by atoms with E-state index < -0.39 is 0 Å². The number of amides is 1. The molecule has 0 aromatic heterocycles. The lowest BCUT2D eigenvalue weighted by molar-refractivity contribution is -0.122. The zero-order chi connectivity index (χ0) is 13.7. The first-order chi connectivity index (χ1) is 9.20. The van der Waals surface area contributed by atoms with Crippen molar-refractivity contribution in [3.05, 3.63) is 0 Å². The molecule has 3 N–H and O–H groups in total. The summed E-state index contributed by atoms with van der Waals surface area (Å²) in [5.41, 5.74) is 5.89. The lowest BCUT2D eigenvalue weighted by atomic mass is 10.0. The van der Waals surface area contributed by atoms with Crippen molar-refractivity contribution in [1.29, 1.82) is 0 Å². The fourth-order valence-corrected chi connectivity index (χ4v) is 3.09. The highest BCUT2D eigenvalue weighted by atomic mass is 16.1. The van der Waals surface area contributed by atoms with Gasteiger partial charge in [-0.05, 0) is 32.7 Å². The van der Waals surface area contributed by atoms with Crippen molar-refractivity contribution in [3.63, 3.8) is 0 Å². The molecule has 4 nitrogen and oxygen atoms in total. The Morgan fingerprint density at radius 3 is 2.37 bits per heavy atom. The van der Waals surface area contributed by atoms with Gasteiger partial charge in [0.1, 0.15) is 0 Å². The summed E-state index contributed by atoms with van der Waals surface area (Å²) in [5, 5.41) is 3.07. The van der Waals surface area contributed by atoms with Crippen LogP contribution < -0.4 is 11.1 Å². The van der Waals surface area contributed by atoms with E-state index >= 15 is 0 Å². The molecule has 0 spiro atoms. The van der Waals surface area contributed by atoms with Crippen molar-refractivity contribution in [2.75, 3.05) is 13.6 Å². The Labute approximate surface area is 117 Å². The largest absolute Gasteiger partial charge is 0.353 e.